The maximum absolute atomic E-state index is 12.5. The minimum absolute atomic E-state index is 0.0278. The SMILES string of the molecule is CC1c2ccccc2CC1C(=O)NCCNc1ncnc2sccc12. The van der Waals surface area contributed by atoms with Gasteiger partial charge < -0.3 is 10.6 Å². The van der Waals surface area contributed by atoms with Crippen LogP contribution in [0.2, 0.25) is 0 Å². The van der Waals surface area contributed by atoms with E-state index in [-0.39, 0.29) is 17.7 Å². The number of rotatable bonds is 5. The molecule has 3 aromatic rings. The van der Waals surface area contributed by atoms with Crippen LogP contribution in [0.15, 0.2) is 42.0 Å². The Morgan fingerprint density at radius 2 is 2.12 bits per heavy atom. The molecule has 128 valence electrons. The molecule has 4 rings (SSSR count). The number of carbonyl (C=O) groups excluding carboxylic acids is 1. The molecule has 0 saturated carbocycles. The van der Waals surface area contributed by atoms with E-state index in [0.717, 1.165) is 22.5 Å². The average Bonchev–Trinajstić information content (AvgIpc) is 3.24. The maximum atomic E-state index is 12.5. The summed E-state index contributed by atoms with van der Waals surface area (Å²) in [6.45, 7) is 3.36. The van der Waals surface area contributed by atoms with Crippen molar-refractivity contribution in [2.75, 3.05) is 18.4 Å². The normalized spacial score (nSPS) is 18.9. The fourth-order valence-electron chi connectivity index (χ4n) is 3.54. The van der Waals surface area contributed by atoms with Crippen LogP contribution in [-0.2, 0) is 11.2 Å². The quantitative estimate of drug-likeness (QED) is 0.692. The second-order valence-corrected chi connectivity index (χ2v) is 7.27. The van der Waals surface area contributed by atoms with E-state index < -0.39 is 0 Å². The summed E-state index contributed by atoms with van der Waals surface area (Å²) in [6.07, 6.45) is 2.40. The molecule has 2 heterocycles. The number of benzene rings is 1. The molecule has 0 spiro atoms. The molecule has 0 radical (unpaired) electrons. The van der Waals surface area contributed by atoms with E-state index in [4.69, 9.17) is 0 Å². The predicted molar refractivity (Wildman–Crippen MR) is 101 cm³/mol. The summed E-state index contributed by atoms with van der Waals surface area (Å²) in [5.74, 6) is 1.26. The van der Waals surface area contributed by atoms with Crippen molar-refractivity contribution in [3.8, 4) is 0 Å². The highest BCUT2D eigenvalue weighted by molar-refractivity contribution is 7.16. The van der Waals surface area contributed by atoms with Crippen molar-refractivity contribution < 1.29 is 4.79 Å². The number of amides is 1. The molecule has 0 fully saturated rings. The lowest BCUT2D eigenvalue weighted by atomic mass is 9.94. The monoisotopic (exact) mass is 352 g/mol. The lowest BCUT2D eigenvalue weighted by Crippen LogP contribution is -2.35. The van der Waals surface area contributed by atoms with Crippen LogP contribution < -0.4 is 10.6 Å². The topological polar surface area (TPSA) is 66.9 Å². The average molecular weight is 352 g/mol. The third-order valence-electron chi connectivity index (χ3n) is 4.90. The molecule has 1 aliphatic carbocycles. The first-order valence-corrected chi connectivity index (χ1v) is 9.39. The van der Waals surface area contributed by atoms with Crippen LogP contribution in [0.25, 0.3) is 10.2 Å². The lowest BCUT2D eigenvalue weighted by Gasteiger charge is -2.16. The number of nitrogens with zero attached hydrogens (tertiary/aromatic N) is 2. The fourth-order valence-corrected chi connectivity index (χ4v) is 4.28. The molecule has 0 aliphatic heterocycles. The van der Waals surface area contributed by atoms with Gasteiger partial charge >= 0.3 is 0 Å². The first-order chi connectivity index (χ1) is 12.2. The largest absolute Gasteiger partial charge is 0.368 e. The van der Waals surface area contributed by atoms with Crippen LogP contribution in [0.4, 0.5) is 5.82 Å². The highest BCUT2D eigenvalue weighted by Gasteiger charge is 2.33. The summed E-state index contributed by atoms with van der Waals surface area (Å²) in [4.78, 5) is 22.0. The number of hydrogen-bond acceptors (Lipinski definition) is 5. The molecule has 0 saturated heterocycles. The van der Waals surface area contributed by atoms with Crippen molar-refractivity contribution in [3.05, 3.63) is 53.2 Å². The summed E-state index contributed by atoms with van der Waals surface area (Å²) < 4.78 is 0. The Morgan fingerprint density at radius 3 is 3.00 bits per heavy atom. The molecule has 2 N–H and O–H groups in total. The Labute approximate surface area is 150 Å². The Kier molecular flexibility index (Phi) is 4.36. The summed E-state index contributed by atoms with van der Waals surface area (Å²) >= 11 is 1.60. The summed E-state index contributed by atoms with van der Waals surface area (Å²) in [7, 11) is 0. The van der Waals surface area contributed by atoms with Crippen molar-refractivity contribution in [2.24, 2.45) is 5.92 Å². The fraction of sp³-hybridized carbons (Fsp3) is 0.316. The van der Waals surface area contributed by atoms with E-state index >= 15 is 0 Å². The van der Waals surface area contributed by atoms with Crippen LogP contribution in [0.5, 0.6) is 0 Å². The van der Waals surface area contributed by atoms with Gasteiger partial charge in [0.1, 0.15) is 17.0 Å². The van der Waals surface area contributed by atoms with Gasteiger partial charge in [0.25, 0.3) is 0 Å². The number of nitrogens with one attached hydrogen (secondary N) is 2. The van der Waals surface area contributed by atoms with Crippen molar-refractivity contribution in [1.29, 1.82) is 0 Å². The van der Waals surface area contributed by atoms with Gasteiger partial charge in [0.2, 0.25) is 5.91 Å². The molecule has 2 unspecified atom stereocenters. The van der Waals surface area contributed by atoms with Gasteiger partial charge in [-0.2, -0.15) is 0 Å². The van der Waals surface area contributed by atoms with Crippen molar-refractivity contribution >= 4 is 33.3 Å². The molecule has 2 atom stereocenters. The molecule has 1 aliphatic rings. The van der Waals surface area contributed by atoms with Crippen molar-refractivity contribution in [2.45, 2.75) is 19.3 Å². The molecular weight excluding hydrogens is 332 g/mol. The zero-order valence-corrected chi connectivity index (χ0v) is 14.8. The van der Waals surface area contributed by atoms with Crippen LogP contribution in [0.3, 0.4) is 0 Å². The van der Waals surface area contributed by atoms with Crippen LogP contribution >= 0.6 is 11.3 Å². The van der Waals surface area contributed by atoms with E-state index in [0.29, 0.717) is 13.1 Å². The number of hydrogen-bond donors (Lipinski definition) is 2. The third kappa shape index (κ3) is 3.09. The van der Waals surface area contributed by atoms with Gasteiger partial charge in [-0.15, -0.1) is 11.3 Å². The van der Waals surface area contributed by atoms with Crippen LogP contribution in [0, 0.1) is 5.92 Å². The highest BCUT2D eigenvalue weighted by atomic mass is 32.1. The minimum Gasteiger partial charge on any atom is -0.368 e. The summed E-state index contributed by atoms with van der Waals surface area (Å²) in [5.41, 5.74) is 2.61. The Balaban J connectivity index is 1.31. The van der Waals surface area contributed by atoms with E-state index in [1.807, 2.05) is 23.6 Å². The second kappa shape index (κ2) is 6.80. The van der Waals surface area contributed by atoms with Crippen molar-refractivity contribution in [1.82, 2.24) is 15.3 Å². The molecule has 2 aromatic heterocycles. The van der Waals surface area contributed by atoms with Crippen LogP contribution in [0.1, 0.15) is 24.0 Å². The first-order valence-electron chi connectivity index (χ1n) is 8.51. The smallest absolute Gasteiger partial charge is 0.224 e. The van der Waals surface area contributed by atoms with Crippen LogP contribution in [-0.4, -0.2) is 29.0 Å². The predicted octanol–water partition coefficient (Wildman–Crippen LogP) is 3.20. The number of fused-ring (bicyclic) bond motifs is 2. The second-order valence-electron chi connectivity index (χ2n) is 6.38. The third-order valence-corrected chi connectivity index (χ3v) is 5.72. The van der Waals surface area contributed by atoms with Gasteiger partial charge in [0.05, 0.1) is 5.39 Å². The number of aromatic nitrogens is 2. The molecule has 5 nitrogen and oxygen atoms in total. The van der Waals surface area contributed by atoms with E-state index in [9.17, 15) is 4.79 Å². The number of thiophene rings is 1. The van der Waals surface area contributed by atoms with Gasteiger partial charge in [-0.25, -0.2) is 9.97 Å². The number of anilines is 1. The van der Waals surface area contributed by atoms with Gasteiger partial charge in [0, 0.05) is 19.0 Å². The molecule has 25 heavy (non-hydrogen) atoms. The van der Waals surface area contributed by atoms with E-state index in [1.54, 1.807) is 17.7 Å². The van der Waals surface area contributed by atoms with E-state index in [2.05, 4.69) is 39.7 Å². The zero-order valence-electron chi connectivity index (χ0n) is 14.0. The number of carbonyl (C=O) groups is 1. The van der Waals surface area contributed by atoms with Gasteiger partial charge in [0.15, 0.2) is 0 Å². The zero-order chi connectivity index (χ0) is 17.2. The summed E-state index contributed by atoms with van der Waals surface area (Å²) in [6, 6.07) is 10.4. The lowest BCUT2D eigenvalue weighted by molar-refractivity contribution is -0.125. The first kappa shape index (κ1) is 16.0. The van der Waals surface area contributed by atoms with Gasteiger partial charge in [-0.3, -0.25) is 4.79 Å². The van der Waals surface area contributed by atoms with Crippen molar-refractivity contribution in [3.63, 3.8) is 0 Å². The Morgan fingerprint density at radius 1 is 1.24 bits per heavy atom. The molecule has 0 bridgehead atoms. The Hall–Kier alpha value is -2.47. The Bertz CT molecular complexity index is 907. The molecule has 6 heteroatoms. The molecule has 1 aromatic carbocycles. The highest BCUT2D eigenvalue weighted by Crippen LogP contribution is 2.37. The maximum Gasteiger partial charge on any atom is 0.224 e. The standard InChI is InChI=1S/C19H20N4OS/c1-12-14-5-3-2-4-13(14)10-16(12)18(24)21-8-7-20-17-15-6-9-25-19(15)23-11-22-17/h2-6,9,11-12,16H,7-8,10H2,1H3,(H,21,24)(H,20,22,23). The molecular formula is C19H20N4OS. The van der Waals surface area contributed by atoms with E-state index in [1.165, 1.54) is 11.1 Å². The summed E-state index contributed by atoms with van der Waals surface area (Å²) in [5, 5.41) is 9.38. The van der Waals surface area contributed by atoms with Gasteiger partial charge in [-0.05, 0) is 34.9 Å². The van der Waals surface area contributed by atoms with Gasteiger partial charge in [-0.1, -0.05) is 31.2 Å². The molecule has 1 amide bonds. The minimum atomic E-state index is 0.0278.